The smallest absolute Gasteiger partial charge is 0.0236 e. The highest BCUT2D eigenvalue weighted by Crippen LogP contribution is 2.09. The van der Waals surface area contributed by atoms with Crippen LogP contribution in [0.15, 0.2) is 30.3 Å². The predicted octanol–water partition coefficient (Wildman–Crippen LogP) is 3.65. The van der Waals surface area contributed by atoms with E-state index in [1.54, 1.807) is 0 Å². The monoisotopic (exact) mass is 237 g/mol. The molecule has 1 nitrogen and oxygen atoms in total. The van der Waals surface area contributed by atoms with Gasteiger partial charge in [0.05, 0.1) is 0 Å². The maximum atomic E-state index is 2.54. The van der Waals surface area contributed by atoms with E-state index in [0.29, 0.717) is 6.04 Å². The number of hydrogen-bond acceptors (Lipinski definition) is 2. The molecule has 0 unspecified atom stereocenters. The minimum absolute atomic E-state index is 0.623. The second-order valence-corrected chi connectivity index (χ2v) is 5.64. The normalized spacial score (nSPS) is 11.3. The van der Waals surface area contributed by atoms with Crippen LogP contribution in [0.3, 0.4) is 0 Å². The molecule has 0 aliphatic rings. The van der Waals surface area contributed by atoms with Crippen LogP contribution < -0.4 is 0 Å². The van der Waals surface area contributed by atoms with Gasteiger partial charge in [0.1, 0.15) is 0 Å². The Kier molecular flexibility index (Phi) is 6.58. The molecular formula is C14H23NS. The summed E-state index contributed by atoms with van der Waals surface area (Å²) in [5, 5.41) is 0. The van der Waals surface area contributed by atoms with E-state index in [1.165, 1.54) is 23.6 Å². The average molecular weight is 237 g/mol. The Morgan fingerprint density at radius 2 is 1.88 bits per heavy atom. The number of rotatable bonds is 7. The third-order valence-electron chi connectivity index (χ3n) is 2.69. The van der Waals surface area contributed by atoms with Crippen LogP contribution in [0.25, 0.3) is 0 Å². The summed E-state index contributed by atoms with van der Waals surface area (Å²) in [5.41, 5.74) is 1.41. The molecule has 0 saturated heterocycles. The number of hydrogen-bond donors (Lipinski definition) is 0. The largest absolute Gasteiger partial charge is 0.296 e. The number of benzene rings is 1. The molecular weight excluding hydrogens is 214 g/mol. The lowest BCUT2D eigenvalue weighted by Gasteiger charge is -2.26. The van der Waals surface area contributed by atoms with Crippen molar-refractivity contribution < 1.29 is 0 Å². The minimum atomic E-state index is 0.623. The van der Waals surface area contributed by atoms with Gasteiger partial charge < -0.3 is 0 Å². The van der Waals surface area contributed by atoms with Crippen LogP contribution in [0.1, 0.15) is 26.3 Å². The van der Waals surface area contributed by atoms with Crippen molar-refractivity contribution in [2.45, 2.75) is 33.4 Å². The zero-order valence-electron chi connectivity index (χ0n) is 10.6. The summed E-state index contributed by atoms with van der Waals surface area (Å²) in [7, 11) is 0. The molecule has 90 valence electrons. The first kappa shape index (κ1) is 13.6. The Morgan fingerprint density at radius 3 is 2.44 bits per heavy atom. The number of nitrogens with zero attached hydrogens (tertiary/aromatic N) is 1. The van der Waals surface area contributed by atoms with E-state index in [4.69, 9.17) is 0 Å². The molecule has 0 N–H and O–H groups in total. The molecule has 0 fully saturated rings. The summed E-state index contributed by atoms with van der Waals surface area (Å²) in [4.78, 5) is 2.54. The van der Waals surface area contributed by atoms with E-state index >= 15 is 0 Å². The van der Waals surface area contributed by atoms with E-state index < -0.39 is 0 Å². The summed E-state index contributed by atoms with van der Waals surface area (Å²) in [5.74, 6) is 2.46. The molecule has 1 rings (SSSR count). The van der Waals surface area contributed by atoms with Gasteiger partial charge in [0.2, 0.25) is 0 Å². The van der Waals surface area contributed by atoms with Crippen LogP contribution >= 0.6 is 11.8 Å². The Balaban J connectivity index is 2.45. The van der Waals surface area contributed by atoms with Crippen LogP contribution in [0.2, 0.25) is 0 Å². The number of thioether (sulfide) groups is 1. The predicted molar refractivity (Wildman–Crippen MR) is 75.0 cm³/mol. The standard InChI is InChI=1S/C14H23NS/c1-4-16-11-10-15(13(2)3)12-14-8-6-5-7-9-14/h5-9,13H,4,10-12H2,1-3H3. The molecule has 2 heteroatoms. The average Bonchev–Trinajstić information content (AvgIpc) is 2.29. The van der Waals surface area contributed by atoms with Crippen molar-refractivity contribution in [2.75, 3.05) is 18.1 Å². The Labute approximate surface area is 104 Å². The Morgan fingerprint density at radius 1 is 1.19 bits per heavy atom. The van der Waals surface area contributed by atoms with Crippen molar-refractivity contribution in [3.05, 3.63) is 35.9 Å². The molecule has 0 aromatic heterocycles. The topological polar surface area (TPSA) is 3.24 Å². The first-order valence-electron chi connectivity index (χ1n) is 6.09. The van der Waals surface area contributed by atoms with Gasteiger partial charge in [0, 0.05) is 24.9 Å². The van der Waals surface area contributed by atoms with Crippen molar-refractivity contribution >= 4 is 11.8 Å². The fourth-order valence-electron chi connectivity index (χ4n) is 1.66. The maximum Gasteiger partial charge on any atom is 0.0236 e. The molecule has 0 aliphatic heterocycles. The van der Waals surface area contributed by atoms with Crippen LogP contribution in [-0.2, 0) is 6.54 Å². The first-order chi connectivity index (χ1) is 7.74. The summed E-state index contributed by atoms with van der Waals surface area (Å²) < 4.78 is 0. The third kappa shape index (κ3) is 5.04. The molecule has 16 heavy (non-hydrogen) atoms. The molecule has 1 aromatic rings. The van der Waals surface area contributed by atoms with E-state index in [9.17, 15) is 0 Å². The van der Waals surface area contributed by atoms with Crippen LogP contribution in [0.4, 0.5) is 0 Å². The van der Waals surface area contributed by atoms with Gasteiger partial charge in [-0.1, -0.05) is 37.3 Å². The van der Waals surface area contributed by atoms with Gasteiger partial charge in [-0.05, 0) is 25.2 Å². The second kappa shape index (κ2) is 7.75. The lowest BCUT2D eigenvalue weighted by Crippen LogP contribution is -2.32. The summed E-state index contributed by atoms with van der Waals surface area (Å²) in [6.07, 6.45) is 0. The summed E-state index contributed by atoms with van der Waals surface area (Å²) in [6.45, 7) is 9.04. The second-order valence-electron chi connectivity index (χ2n) is 4.25. The Bertz CT molecular complexity index is 271. The van der Waals surface area contributed by atoms with Crippen LogP contribution in [0, 0.1) is 0 Å². The van der Waals surface area contributed by atoms with Crippen molar-refractivity contribution in [2.24, 2.45) is 0 Å². The molecule has 1 aromatic carbocycles. The van der Waals surface area contributed by atoms with Crippen LogP contribution in [-0.4, -0.2) is 29.0 Å². The van der Waals surface area contributed by atoms with E-state index in [-0.39, 0.29) is 0 Å². The highest BCUT2D eigenvalue weighted by atomic mass is 32.2. The van der Waals surface area contributed by atoms with Crippen molar-refractivity contribution in [1.82, 2.24) is 4.90 Å². The zero-order chi connectivity index (χ0) is 11.8. The molecule has 0 radical (unpaired) electrons. The SMILES string of the molecule is CCSCCN(Cc1ccccc1)C(C)C. The fraction of sp³-hybridized carbons (Fsp3) is 0.571. The van der Waals surface area contributed by atoms with Gasteiger partial charge >= 0.3 is 0 Å². The van der Waals surface area contributed by atoms with Gasteiger partial charge in [-0.15, -0.1) is 0 Å². The fourth-order valence-corrected chi connectivity index (χ4v) is 2.32. The maximum absolute atomic E-state index is 2.54. The van der Waals surface area contributed by atoms with Gasteiger partial charge in [-0.2, -0.15) is 11.8 Å². The highest BCUT2D eigenvalue weighted by molar-refractivity contribution is 7.99. The van der Waals surface area contributed by atoms with Crippen molar-refractivity contribution in [1.29, 1.82) is 0 Å². The first-order valence-corrected chi connectivity index (χ1v) is 7.25. The van der Waals surface area contributed by atoms with Crippen LogP contribution in [0.5, 0.6) is 0 Å². The zero-order valence-corrected chi connectivity index (χ0v) is 11.5. The van der Waals surface area contributed by atoms with Gasteiger partial charge in [-0.25, -0.2) is 0 Å². The summed E-state index contributed by atoms with van der Waals surface area (Å²) >= 11 is 2.02. The Hall–Kier alpha value is -0.470. The van der Waals surface area contributed by atoms with E-state index in [1.807, 2.05) is 11.8 Å². The minimum Gasteiger partial charge on any atom is -0.296 e. The van der Waals surface area contributed by atoms with E-state index in [0.717, 1.165) is 6.54 Å². The lowest BCUT2D eigenvalue weighted by molar-refractivity contribution is 0.227. The summed E-state index contributed by atoms with van der Waals surface area (Å²) in [6, 6.07) is 11.4. The molecule has 0 bridgehead atoms. The van der Waals surface area contributed by atoms with Crippen molar-refractivity contribution in [3.63, 3.8) is 0 Å². The van der Waals surface area contributed by atoms with Gasteiger partial charge in [0.15, 0.2) is 0 Å². The third-order valence-corrected chi connectivity index (χ3v) is 3.57. The highest BCUT2D eigenvalue weighted by Gasteiger charge is 2.09. The molecule has 0 aliphatic carbocycles. The molecule has 0 saturated carbocycles. The van der Waals surface area contributed by atoms with Gasteiger partial charge in [0.25, 0.3) is 0 Å². The molecule has 0 heterocycles. The lowest BCUT2D eigenvalue weighted by atomic mass is 10.2. The van der Waals surface area contributed by atoms with Gasteiger partial charge in [-0.3, -0.25) is 4.90 Å². The molecule has 0 spiro atoms. The molecule has 0 atom stereocenters. The molecule has 0 amide bonds. The van der Waals surface area contributed by atoms with Crippen molar-refractivity contribution in [3.8, 4) is 0 Å². The van der Waals surface area contributed by atoms with E-state index in [2.05, 4.69) is 56.0 Å². The quantitative estimate of drug-likeness (QED) is 0.666.